The molecule has 4 rings (SSSR count). The minimum atomic E-state index is -0.00341. The van der Waals surface area contributed by atoms with Crippen LogP contribution >= 0.6 is 11.3 Å². The Balaban J connectivity index is 1.56. The van der Waals surface area contributed by atoms with E-state index in [1.165, 1.54) is 28.0 Å². The molecule has 2 aromatic carbocycles. The lowest BCUT2D eigenvalue weighted by molar-refractivity contribution is 0.0725. The second kappa shape index (κ2) is 6.45. The summed E-state index contributed by atoms with van der Waals surface area (Å²) in [6, 6.07) is 16.8. The van der Waals surface area contributed by atoms with E-state index < -0.39 is 0 Å². The number of nitrogens with zero attached hydrogens (tertiary/aromatic N) is 2. The summed E-state index contributed by atoms with van der Waals surface area (Å²) in [5, 5.41) is 2.76. The Morgan fingerprint density at radius 3 is 2.72 bits per heavy atom. The maximum absolute atomic E-state index is 12.9. The summed E-state index contributed by atoms with van der Waals surface area (Å²) < 4.78 is 0. The van der Waals surface area contributed by atoms with Crippen LogP contribution in [0.15, 0.2) is 53.9 Å². The van der Waals surface area contributed by atoms with Crippen molar-refractivity contribution in [3.05, 3.63) is 76.3 Å². The highest BCUT2D eigenvalue weighted by Gasteiger charge is 2.29. The molecule has 126 valence electrons. The lowest BCUT2D eigenvalue weighted by Crippen LogP contribution is -2.30. The average Bonchev–Trinajstić information content (AvgIpc) is 3.28. The van der Waals surface area contributed by atoms with Gasteiger partial charge in [0.25, 0.3) is 5.91 Å². The Bertz CT molecular complexity index is 914. The summed E-state index contributed by atoms with van der Waals surface area (Å²) in [4.78, 5) is 19.3. The van der Waals surface area contributed by atoms with Gasteiger partial charge in [-0.3, -0.25) is 4.79 Å². The molecule has 1 amide bonds. The van der Waals surface area contributed by atoms with Gasteiger partial charge in [-0.15, -0.1) is 11.3 Å². The van der Waals surface area contributed by atoms with Crippen molar-refractivity contribution in [3.8, 4) is 10.6 Å². The zero-order valence-electron chi connectivity index (χ0n) is 14.4. The smallest absolute Gasteiger partial charge is 0.273 e. The van der Waals surface area contributed by atoms with Crippen LogP contribution in [0.2, 0.25) is 0 Å². The number of rotatable bonds is 3. The van der Waals surface area contributed by atoms with Gasteiger partial charge >= 0.3 is 0 Å². The van der Waals surface area contributed by atoms with Gasteiger partial charge in [-0.1, -0.05) is 54.1 Å². The van der Waals surface area contributed by atoms with Crippen LogP contribution in [-0.2, 0) is 6.42 Å². The molecule has 3 aromatic rings. The molecule has 3 nitrogen and oxygen atoms in total. The molecule has 4 heteroatoms. The van der Waals surface area contributed by atoms with E-state index in [1.807, 2.05) is 23.4 Å². The van der Waals surface area contributed by atoms with E-state index in [2.05, 4.69) is 54.4 Å². The number of aromatic nitrogens is 1. The van der Waals surface area contributed by atoms with Gasteiger partial charge in [-0.25, -0.2) is 4.98 Å². The van der Waals surface area contributed by atoms with Crippen LogP contribution in [0.5, 0.6) is 0 Å². The van der Waals surface area contributed by atoms with Crippen LogP contribution in [0.1, 0.15) is 39.6 Å². The molecule has 0 radical (unpaired) electrons. The van der Waals surface area contributed by atoms with Crippen molar-refractivity contribution in [2.24, 2.45) is 0 Å². The average molecular weight is 348 g/mol. The molecule has 0 saturated carbocycles. The minimum absolute atomic E-state index is 0.00341. The van der Waals surface area contributed by atoms with Gasteiger partial charge in [-0.2, -0.15) is 0 Å². The van der Waals surface area contributed by atoms with E-state index in [-0.39, 0.29) is 11.9 Å². The number of thiazole rings is 1. The highest BCUT2D eigenvalue weighted by Crippen LogP contribution is 2.35. The molecule has 0 saturated heterocycles. The summed E-state index contributed by atoms with van der Waals surface area (Å²) >= 11 is 1.52. The molecule has 1 aromatic heterocycles. The molecule has 0 N–H and O–H groups in total. The maximum atomic E-state index is 12.9. The van der Waals surface area contributed by atoms with E-state index in [4.69, 9.17) is 0 Å². The van der Waals surface area contributed by atoms with Gasteiger partial charge in [0.1, 0.15) is 10.7 Å². The van der Waals surface area contributed by atoms with Crippen molar-refractivity contribution >= 4 is 17.2 Å². The number of hydrogen-bond acceptors (Lipinski definition) is 3. The first kappa shape index (κ1) is 16.0. The van der Waals surface area contributed by atoms with Crippen LogP contribution in [0, 0.1) is 6.92 Å². The fourth-order valence-electron chi connectivity index (χ4n) is 3.46. The van der Waals surface area contributed by atoms with Crippen molar-refractivity contribution in [3.63, 3.8) is 0 Å². The van der Waals surface area contributed by atoms with Crippen LogP contribution in [0.25, 0.3) is 10.6 Å². The molecule has 0 aliphatic heterocycles. The highest BCUT2D eigenvalue weighted by molar-refractivity contribution is 7.13. The molecule has 1 unspecified atom stereocenters. The molecule has 1 aliphatic rings. The predicted octanol–water partition coefficient (Wildman–Crippen LogP) is 4.88. The number of carbonyl (C=O) groups excluding carboxylic acids is 1. The number of carbonyl (C=O) groups is 1. The normalized spacial score (nSPS) is 15.8. The summed E-state index contributed by atoms with van der Waals surface area (Å²) in [6.45, 7) is 2.06. The van der Waals surface area contributed by atoms with E-state index in [1.54, 1.807) is 0 Å². The Kier molecular flexibility index (Phi) is 4.14. The zero-order valence-corrected chi connectivity index (χ0v) is 15.2. The maximum Gasteiger partial charge on any atom is 0.273 e. The minimum Gasteiger partial charge on any atom is -0.333 e. The number of fused-ring (bicyclic) bond motifs is 1. The monoisotopic (exact) mass is 348 g/mol. The summed E-state index contributed by atoms with van der Waals surface area (Å²) in [7, 11) is 1.89. The predicted molar refractivity (Wildman–Crippen MR) is 102 cm³/mol. The molecular formula is C21H20N2OS. The summed E-state index contributed by atoms with van der Waals surface area (Å²) in [5.41, 5.74) is 5.44. The standard InChI is InChI=1S/C21H20N2OS/c1-14-7-9-16(10-8-14)20-22-18(13-25-20)21(24)23(2)19-12-11-15-5-3-4-6-17(15)19/h3-10,13,19H,11-12H2,1-2H3. The number of benzene rings is 2. The van der Waals surface area contributed by atoms with Gasteiger partial charge in [0, 0.05) is 18.0 Å². The molecule has 1 aliphatic carbocycles. The van der Waals surface area contributed by atoms with Gasteiger partial charge in [0.05, 0.1) is 6.04 Å². The van der Waals surface area contributed by atoms with Crippen LogP contribution in [0.3, 0.4) is 0 Å². The molecule has 1 heterocycles. The number of hydrogen-bond donors (Lipinski definition) is 0. The quantitative estimate of drug-likeness (QED) is 0.676. The number of amides is 1. The van der Waals surface area contributed by atoms with Gasteiger partial charge in [0.2, 0.25) is 0 Å². The Hall–Kier alpha value is -2.46. The largest absolute Gasteiger partial charge is 0.333 e. The topological polar surface area (TPSA) is 33.2 Å². The van der Waals surface area contributed by atoms with E-state index >= 15 is 0 Å². The van der Waals surface area contributed by atoms with Crippen molar-refractivity contribution < 1.29 is 4.79 Å². The second-order valence-electron chi connectivity index (χ2n) is 6.57. The molecule has 1 atom stereocenters. The number of aryl methyl sites for hydroxylation is 2. The third-order valence-electron chi connectivity index (χ3n) is 4.91. The Morgan fingerprint density at radius 1 is 1.16 bits per heavy atom. The van der Waals surface area contributed by atoms with Crippen LogP contribution < -0.4 is 0 Å². The lowest BCUT2D eigenvalue weighted by atomic mass is 10.1. The van der Waals surface area contributed by atoms with Gasteiger partial charge in [-0.05, 0) is 30.9 Å². The third-order valence-corrected chi connectivity index (χ3v) is 5.80. The molecule has 0 spiro atoms. The lowest BCUT2D eigenvalue weighted by Gasteiger charge is -2.24. The van der Waals surface area contributed by atoms with Crippen molar-refractivity contribution in [1.29, 1.82) is 0 Å². The third kappa shape index (κ3) is 2.98. The summed E-state index contributed by atoms with van der Waals surface area (Å²) in [5.74, 6) is -0.00341. The molecule has 25 heavy (non-hydrogen) atoms. The van der Waals surface area contributed by atoms with Crippen LogP contribution in [-0.4, -0.2) is 22.8 Å². The van der Waals surface area contributed by atoms with Gasteiger partial charge in [0.15, 0.2) is 0 Å². The van der Waals surface area contributed by atoms with E-state index in [0.29, 0.717) is 5.69 Å². The Labute approximate surface area is 152 Å². The van der Waals surface area contributed by atoms with Crippen molar-refractivity contribution in [1.82, 2.24) is 9.88 Å². The van der Waals surface area contributed by atoms with Crippen molar-refractivity contribution in [2.75, 3.05) is 7.05 Å². The van der Waals surface area contributed by atoms with Crippen molar-refractivity contribution in [2.45, 2.75) is 25.8 Å². The summed E-state index contributed by atoms with van der Waals surface area (Å²) in [6.07, 6.45) is 2.01. The second-order valence-corrected chi connectivity index (χ2v) is 7.43. The van der Waals surface area contributed by atoms with E-state index in [0.717, 1.165) is 23.4 Å². The van der Waals surface area contributed by atoms with Crippen LogP contribution in [0.4, 0.5) is 0 Å². The molecule has 0 fully saturated rings. The first-order chi connectivity index (χ1) is 12.1. The molecule has 0 bridgehead atoms. The highest BCUT2D eigenvalue weighted by atomic mass is 32.1. The fourth-order valence-corrected chi connectivity index (χ4v) is 4.26. The Morgan fingerprint density at radius 2 is 1.92 bits per heavy atom. The first-order valence-electron chi connectivity index (χ1n) is 8.51. The van der Waals surface area contributed by atoms with Gasteiger partial charge < -0.3 is 4.90 Å². The van der Waals surface area contributed by atoms with E-state index in [9.17, 15) is 4.79 Å². The zero-order chi connectivity index (χ0) is 17.4. The SMILES string of the molecule is Cc1ccc(-c2nc(C(=O)N(C)C3CCc4ccccc43)cs2)cc1. The first-order valence-corrected chi connectivity index (χ1v) is 9.39. The molecular weight excluding hydrogens is 328 g/mol. The fraction of sp³-hybridized carbons (Fsp3) is 0.238.